The molecule has 3 nitrogen and oxygen atoms in total. The molecule has 0 aliphatic rings. The van der Waals surface area contributed by atoms with Crippen molar-refractivity contribution in [1.82, 2.24) is 0 Å². The van der Waals surface area contributed by atoms with Crippen LogP contribution in [-0.2, 0) is 4.57 Å². The number of halogens is 1. The van der Waals surface area contributed by atoms with E-state index in [1.54, 1.807) is 0 Å². The van der Waals surface area contributed by atoms with Crippen molar-refractivity contribution < 1.29 is 49.7 Å². The van der Waals surface area contributed by atoms with Gasteiger partial charge < -0.3 is 0 Å². The molecule has 0 saturated carbocycles. The molecule has 0 aromatic carbocycles. The maximum absolute atomic E-state index is 10.4. The second-order valence-corrected chi connectivity index (χ2v) is 1.42. The normalized spacial score (nSPS) is 8.43. The van der Waals surface area contributed by atoms with Gasteiger partial charge in [0.1, 0.15) is 0 Å². The van der Waals surface area contributed by atoms with Crippen LogP contribution in [0.3, 0.4) is 0 Å². The van der Waals surface area contributed by atoms with Gasteiger partial charge in [-0.15, -0.1) is 4.20 Å². The monoisotopic (exact) mass is 472 g/mol. The van der Waals surface area contributed by atoms with Crippen LogP contribution < -0.4 is 0 Å². The van der Waals surface area contributed by atoms with Crippen LogP contribution in [0.25, 0.3) is 0 Å². The Kier molecular flexibility index (Phi) is 17.3. The molecular formula is H3CsFO3PU. The van der Waals surface area contributed by atoms with E-state index in [0.717, 1.165) is 0 Å². The molecule has 38 valence electrons. The summed E-state index contributed by atoms with van der Waals surface area (Å²) in [7, 11) is -5.14. The largest absolute Gasteiger partial charge is 0 e. The molecule has 0 aromatic rings. The molecule has 7 heavy (non-hydrogen) atoms. The van der Waals surface area contributed by atoms with Crippen molar-refractivity contribution in [2.24, 2.45) is 0 Å². The summed E-state index contributed by atoms with van der Waals surface area (Å²) in [5, 5.41) is 0. The summed E-state index contributed by atoms with van der Waals surface area (Å²) in [6.07, 6.45) is 0. The van der Waals surface area contributed by atoms with E-state index in [2.05, 4.69) is 0 Å². The van der Waals surface area contributed by atoms with Crippen LogP contribution in [0.1, 0.15) is 0 Å². The first kappa shape index (κ1) is 16.6. The fourth-order valence-electron chi connectivity index (χ4n) is 0. The minimum atomic E-state index is -5.14. The SMILES string of the molecule is O=P(O)(O)F.[CsH].[U]. The van der Waals surface area contributed by atoms with E-state index < -0.39 is 7.91 Å². The van der Waals surface area contributed by atoms with Crippen molar-refractivity contribution in [2.75, 3.05) is 0 Å². The zero-order valence-corrected chi connectivity index (χ0v) is 7.69. The first-order valence-electron chi connectivity index (χ1n) is 0.752. The van der Waals surface area contributed by atoms with Crippen LogP contribution in [0, 0.1) is 31.1 Å². The fraction of sp³-hybridized carbons (Fsp3) is 0. The minimum absolute atomic E-state index is 0. The summed E-state index contributed by atoms with van der Waals surface area (Å²) in [6, 6.07) is 0. The standard InChI is InChI=1S/Cs.FH2O3P.U.H/c;1-5(2,3)4;;/h;(H2,2,3,4);;. The average molecular weight is 472 g/mol. The molecule has 0 amide bonds. The van der Waals surface area contributed by atoms with Crippen molar-refractivity contribution in [2.45, 2.75) is 0 Å². The number of rotatable bonds is 0. The molecule has 0 bridgehead atoms. The Labute approximate surface area is 123 Å². The van der Waals surface area contributed by atoms with E-state index >= 15 is 0 Å². The van der Waals surface area contributed by atoms with Gasteiger partial charge >= 0.3 is 76.8 Å². The van der Waals surface area contributed by atoms with Crippen molar-refractivity contribution in [1.29, 1.82) is 0 Å². The summed E-state index contributed by atoms with van der Waals surface area (Å²) in [6.45, 7) is 0. The summed E-state index contributed by atoms with van der Waals surface area (Å²) in [4.78, 5) is 13.9. The Hall–Kier alpha value is 3.18. The smallest absolute Gasteiger partial charge is 0 e. The quantitative estimate of drug-likeness (QED) is 0.464. The molecule has 0 heterocycles. The molecule has 0 aromatic heterocycles. The third-order valence-corrected chi connectivity index (χ3v) is 0. The van der Waals surface area contributed by atoms with E-state index in [-0.39, 0.29) is 100 Å². The summed E-state index contributed by atoms with van der Waals surface area (Å²) in [5.74, 6) is 0. The predicted octanol–water partition coefficient (Wildman–Crippen LogP) is -0.600. The van der Waals surface area contributed by atoms with Gasteiger partial charge in [0, 0.05) is 31.1 Å². The number of hydrogen-bond acceptors (Lipinski definition) is 1. The van der Waals surface area contributed by atoms with E-state index in [9.17, 15) is 4.20 Å². The Bertz CT molecular complexity index is 61.1. The van der Waals surface area contributed by atoms with Gasteiger partial charge in [-0.2, -0.15) is 0 Å². The van der Waals surface area contributed by atoms with Gasteiger partial charge in [0.25, 0.3) is 0 Å². The number of hydrogen-bond donors (Lipinski definition) is 2. The molecule has 0 spiro atoms. The van der Waals surface area contributed by atoms with E-state index in [0.29, 0.717) is 0 Å². The van der Waals surface area contributed by atoms with Gasteiger partial charge in [-0.3, -0.25) is 9.79 Å². The molecule has 0 radical (unpaired) electrons. The summed E-state index contributed by atoms with van der Waals surface area (Å²) >= 11 is 0. The fourth-order valence-corrected chi connectivity index (χ4v) is 0. The molecule has 0 saturated heterocycles. The Balaban J connectivity index is -0.0000000800. The van der Waals surface area contributed by atoms with Gasteiger partial charge in [-0.25, -0.2) is 4.57 Å². The molecule has 0 aliphatic heterocycles. The molecule has 0 aliphatic carbocycles. The third-order valence-electron chi connectivity index (χ3n) is 0. The van der Waals surface area contributed by atoms with Crippen molar-refractivity contribution >= 4 is 76.8 Å². The topological polar surface area (TPSA) is 57.5 Å². The Morgan fingerprint density at radius 3 is 1.43 bits per heavy atom. The molecule has 0 fully saturated rings. The van der Waals surface area contributed by atoms with Gasteiger partial charge in [-0.1, -0.05) is 0 Å². The van der Waals surface area contributed by atoms with Crippen molar-refractivity contribution in [3.8, 4) is 0 Å². The van der Waals surface area contributed by atoms with Gasteiger partial charge in [0.15, 0.2) is 0 Å². The molecular weight excluding hydrogens is 469 g/mol. The Morgan fingerprint density at radius 1 is 1.43 bits per heavy atom. The predicted molar refractivity (Wildman–Crippen MR) is 20.3 cm³/mol. The van der Waals surface area contributed by atoms with Crippen molar-refractivity contribution in [3.05, 3.63) is 0 Å². The van der Waals surface area contributed by atoms with Crippen LogP contribution in [0.5, 0.6) is 0 Å². The zero-order valence-electron chi connectivity index (χ0n) is 2.63. The van der Waals surface area contributed by atoms with E-state index in [1.807, 2.05) is 0 Å². The van der Waals surface area contributed by atoms with Crippen LogP contribution in [0.15, 0.2) is 0 Å². The second kappa shape index (κ2) is 7.29. The molecule has 7 heteroatoms. The molecule has 2 N–H and O–H groups in total. The van der Waals surface area contributed by atoms with Gasteiger partial charge in [-0.05, 0) is 0 Å². The van der Waals surface area contributed by atoms with E-state index in [4.69, 9.17) is 14.4 Å². The zero-order chi connectivity index (χ0) is 4.50. The van der Waals surface area contributed by atoms with Gasteiger partial charge in [0.05, 0.1) is 0 Å². The first-order valence-corrected chi connectivity index (χ1v) is 2.25. The first-order chi connectivity index (χ1) is 2.00. The molecule has 0 rings (SSSR count). The van der Waals surface area contributed by atoms with Gasteiger partial charge in [0.2, 0.25) is 0 Å². The Morgan fingerprint density at radius 2 is 1.43 bits per heavy atom. The second-order valence-electron chi connectivity index (χ2n) is 0.473. The minimum Gasteiger partial charge on any atom is 0 e. The van der Waals surface area contributed by atoms with Crippen LogP contribution in [0.2, 0.25) is 0 Å². The summed E-state index contributed by atoms with van der Waals surface area (Å²) in [5.41, 5.74) is 0. The summed E-state index contributed by atoms with van der Waals surface area (Å²) < 4.78 is 19.0. The maximum atomic E-state index is 10.4. The third kappa shape index (κ3) is 46.8. The van der Waals surface area contributed by atoms with Crippen LogP contribution in [0.4, 0.5) is 4.20 Å². The van der Waals surface area contributed by atoms with Crippen molar-refractivity contribution in [3.63, 3.8) is 0 Å². The maximum Gasteiger partial charge on any atom is 0 e. The van der Waals surface area contributed by atoms with E-state index in [1.165, 1.54) is 0 Å². The van der Waals surface area contributed by atoms with Crippen LogP contribution in [-0.4, -0.2) is 78.7 Å². The van der Waals surface area contributed by atoms with Crippen LogP contribution >= 0.6 is 7.91 Å². The molecule has 0 atom stereocenters. The average Bonchev–Trinajstić information content (AvgIpc) is 0.722. The molecule has 0 unspecified atom stereocenters.